The Balaban J connectivity index is 2.22. The van der Waals surface area contributed by atoms with E-state index in [-0.39, 0.29) is 0 Å². The Kier molecular flexibility index (Phi) is 7.54. The molecule has 1 N–H and O–H groups in total. The maximum Gasteiger partial charge on any atom is 0.00668 e. The van der Waals surface area contributed by atoms with Crippen LogP contribution in [-0.4, -0.2) is 13.1 Å². The van der Waals surface area contributed by atoms with E-state index >= 15 is 0 Å². The number of thiophene rings is 1. The zero-order chi connectivity index (χ0) is 12.5. The Morgan fingerprint density at radius 3 is 2.59 bits per heavy atom. The molecule has 0 fully saturated rings. The van der Waals surface area contributed by atoms with Crippen LogP contribution in [0.5, 0.6) is 0 Å². The molecule has 0 saturated heterocycles. The lowest BCUT2D eigenvalue weighted by Crippen LogP contribution is -2.27. The third kappa shape index (κ3) is 5.69. The maximum absolute atomic E-state index is 3.48. The predicted molar refractivity (Wildman–Crippen MR) is 78.8 cm³/mol. The highest BCUT2D eigenvalue weighted by atomic mass is 32.1. The molecule has 1 rings (SSSR count). The zero-order valence-electron chi connectivity index (χ0n) is 11.5. The van der Waals surface area contributed by atoms with E-state index in [1.165, 1.54) is 43.4 Å². The molecule has 0 aromatic carbocycles. The van der Waals surface area contributed by atoms with Crippen molar-refractivity contribution in [2.75, 3.05) is 7.05 Å². The van der Waals surface area contributed by atoms with Crippen molar-refractivity contribution in [2.45, 2.75) is 58.4 Å². The molecule has 0 aliphatic rings. The van der Waals surface area contributed by atoms with Crippen molar-refractivity contribution < 1.29 is 0 Å². The van der Waals surface area contributed by atoms with E-state index in [1.807, 2.05) is 11.3 Å². The van der Waals surface area contributed by atoms with Crippen molar-refractivity contribution >= 4 is 11.3 Å². The summed E-state index contributed by atoms with van der Waals surface area (Å²) in [5.74, 6) is 0.897. The molecular formula is C15H27NS. The average molecular weight is 253 g/mol. The van der Waals surface area contributed by atoms with Crippen molar-refractivity contribution in [3.05, 3.63) is 22.4 Å². The summed E-state index contributed by atoms with van der Waals surface area (Å²) in [6.45, 7) is 4.62. The van der Waals surface area contributed by atoms with Gasteiger partial charge in [-0.3, -0.25) is 0 Å². The minimum atomic E-state index is 0.708. The first-order valence-corrected chi connectivity index (χ1v) is 7.87. The van der Waals surface area contributed by atoms with Gasteiger partial charge in [-0.2, -0.15) is 0 Å². The van der Waals surface area contributed by atoms with Crippen LogP contribution in [0.2, 0.25) is 0 Å². The summed E-state index contributed by atoms with van der Waals surface area (Å²) in [5, 5.41) is 5.66. The number of nitrogens with one attached hydrogen (secondary N) is 1. The highest BCUT2D eigenvalue weighted by Gasteiger charge is 2.12. The Bertz CT molecular complexity index is 264. The van der Waals surface area contributed by atoms with Gasteiger partial charge in [-0.05, 0) is 50.1 Å². The maximum atomic E-state index is 3.48. The lowest BCUT2D eigenvalue weighted by molar-refractivity contribution is 0.361. The molecule has 1 heterocycles. The van der Waals surface area contributed by atoms with Crippen LogP contribution in [0.15, 0.2) is 17.5 Å². The van der Waals surface area contributed by atoms with Gasteiger partial charge in [0.25, 0.3) is 0 Å². The van der Waals surface area contributed by atoms with E-state index in [0.29, 0.717) is 6.04 Å². The smallest absolute Gasteiger partial charge is 0.00668 e. The van der Waals surface area contributed by atoms with Crippen LogP contribution < -0.4 is 5.32 Å². The average Bonchev–Trinajstić information content (AvgIpc) is 2.86. The molecule has 0 radical (unpaired) electrons. The van der Waals surface area contributed by atoms with Crippen molar-refractivity contribution in [3.8, 4) is 0 Å². The van der Waals surface area contributed by atoms with Gasteiger partial charge in [-0.25, -0.2) is 0 Å². The molecule has 1 nitrogen and oxygen atoms in total. The van der Waals surface area contributed by atoms with Gasteiger partial charge in [-0.1, -0.05) is 32.8 Å². The fourth-order valence-corrected chi connectivity index (χ4v) is 3.13. The van der Waals surface area contributed by atoms with E-state index < -0.39 is 0 Å². The second-order valence-corrected chi connectivity index (χ2v) is 5.91. The standard InChI is InChI=1S/C15H27NS/c1-4-13(5-2)12-14(16-3)8-6-9-15-10-7-11-17-15/h7,10-11,13-14,16H,4-6,8-9,12H2,1-3H3. The summed E-state index contributed by atoms with van der Waals surface area (Å²) in [6, 6.07) is 5.11. The van der Waals surface area contributed by atoms with Crippen LogP contribution in [-0.2, 0) is 6.42 Å². The number of aryl methyl sites for hydroxylation is 1. The molecule has 2 heteroatoms. The minimum Gasteiger partial charge on any atom is -0.317 e. The van der Waals surface area contributed by atoms with E-state index in [4.69, 9.17) is 0 Å². The lowest BCUT2D eigenvalue weighted by atomic mass is 9.92. The van der Waals surface area contributed by atoms with Crippen molar-refractivity contribution in [2.24, 2.45) is 5.92 Å². The third-order valence-corrected chi connectivity index (χ3v) is 4.67. The number of hydrogen-bond donors (Lipinski definition) is 1. The van der Waals surface area contributed by atoms with Gasteiger partial charge in [0, 0.05) is 10.9 Å². The Hall–Kier alpha value is -0.340. The summed E-state index contributed by atoms with van der Waals surface area (Å²) < 4.78 is 0. The van der Waals surface area contributed by atoms with Crippen LogP contribution >= 0.6 is 11.3 Å². The summed E-state index contributed by atoms with van der Waals surface area (Å²) >= 11 is 1.88. The van der Waals surface area contributed by atoms with Gasteiger partial charge in [0.05, 0.1) is 0 Å². The first-order chi connectivity index (χ1) is 8.30. The summed E-state index contributed by atoms with van der Waals surface area (Å²) in [4.78, 5) is 1.53. The quantitative estimate of drug-likeness (QED) is 0.684. The van der Waals surface area contributed by atoms with Crippen LogP contribution in [0.25, 0.3) is 0 Å². The first-order valence-electron chi connectivity index (χ1n) is 6.99. The zero-order valence-corrected chi connectivity index (χ0v) is 12.4. The van der Waals surface area contributed by atoms with Gasteiger partial charge < -0.3 is 5.32 Å². The van der Waals surface area contributed by atoms with Crippen LogP contribution in [0.3, 0.4) is 0 Å². The highest BCUT2D eigenvalue weighted by Crippen LogP contribution is 2.19. The van der Waals surface area contributed by atoms with Gasteiger partial charge in [-0.15, -0.1) is 11.3 Å². The summed E-state index contributed by atoms with van der Waals surface area (Å²) in [5.41, 5.74) is 0. The van der Waals surface area contributed by atoms with E-state index in [9.17, 15) is 0 Å². The van der Waals surface area contributed by atoms with E-state index in [2.05, 4.69) is 43.7 Å². The van der Waals surface area contributed by atoms with Crippen LogP contribution in [0.4, 0.5) is 0 Å². The van der Waals surface area contributed by atoms with Gasteiger partial charge in [0.15, 0.2) is 0 Å². The molecule has 17 heavy (non-hydrogen) atoms. The van der Waals surface area contributed by atoms with Crippen molar-refractivity contribution in [1.29, 1.82) is 0 Å². The van der Waals surface area contributed by atoms with E-state index in [0.717, 1.165) is 5.92 Å². The van der Waals surface area contributed by atoms with E-state index in [1.54, 1.807) is 0 Å². The normalized spacial score (nSPS) is 13.2. The monoisotopic (exact) mass is 253 g/mol. The SMILES string of the molecule is CCC(CC)CC(CCCc1cccs1)NC. The fraction of sp³-hybridized carbons (Fsp3) is 0.733. The fourth-order valence-electron chi connectivity index (χ4n) is 2.38. The molecule has 0 aliphatic carbocycles. The topological polar surface area (TPSA) is 12.0 Å². The second kappa shape index (κ2) is 8.71. The number of hydrogen-bond acceptors (Lipinski definition) is 2. The third-order valence-electron chi connectivity index (χ3n) is 3.74. The van der Waals surface area contributed by atoms with Gasteiger partial charge in [0.1, 0.15) is 0 Å². The Labute approximate surface area is 111 Å². The highest BCUT2D eigenvalue weighted by molar-refractivity contribution is 7.09. The minimum absolute atomic E-state index is 0.708. The second-order valence-electron chi connectivity index (χ2n) is 4.88. The molecular weight excluding hydrogens is 226 g/mol. The molecule has 0 saturated carbocycles. The molecule has 1 unspecified atom stereocenters. The lowest BCUT2D eigenvalue weighted by Gasteiger charge is -2.21. The molecule has 1 aromatic rings. The summed E-state index contributed by atoms with van der Waals surface area (Å²) in [7, 11) is 2.11. The molecule has 1 aromatic heterocycles. The van der Waals surface area contributed by atoms with Crippen LogP contribution in [0.1, 0.15) is 50.8 Å². The largest absolute Gasteiger partial charge is 0.317 e. The molecule has 1 atom stereocenters. The van der Waals surface area contributed by atoms with Gasteiger partial charge >= 0.3 is 0 Å². The van der Waals surface area contributed by atoms with Crippen LogP contribution in [0, 0.1) is 5.92 Å². The molecule has 0 spiro atoms. The predicted octanol–water partition coefficient (Wildman–Crippen LogP) is 4.49. The molecule has 0 amide bonds. The Morgan fingerprint density at radius 2 is 2.06 bits per heavy atom. The molecule has 0 aliphatic heterocycles. The van der Waals surface area contributed by atoms with Crippen molar-refractivity contribution in [1.82, 2.24) is 5.32 Å². The molecule has 0 bridgehead atoms. The summed E-state index contributed by atoms with van der Waals surface area (Å²) in [6.07, 6.45) is 7.85. The van der Waals surface area contributed by atoms with Gasteiger partial charge in [0.2, 0.25) is 0 Å². The first kappa shape index (κ1) is 14.7. The molecule has 98 valence electrons. The number of rotatable bonds is 9. The Morgan fingerprint density at radius 1 is 1.29 bits per heavy atom. The van der Waals surface area contributed by atoms with Crippen molar-refractivity contribution in [3.63, 3.8) is 0 Å².